The standard InChI is InChI=1S/C28H23N3O2/c1-19-7-6-10-22(15-19)25(28(32)33)17-24-18-26(31(30-24)27-11-4-5-14-29-27)23-13-12-20-8-2-3-9-21(20)16-23/h2-16,18,25H,17H2,1H3,(H,32,33)/t25-/m1/s1. The molecule has 1 N–H and O–H groups in total. The molecule has 2 heterocycles. The van der Waals surface area contributed by atoms with Crippen molar-refractivity contribution in [1.29, 1.82) is 0 Å². The Bertz CT molecular complexity index is 1440. The lowest BCUT2D eigenvalue weighted by Gasteiger charge is -2.12. The van der Waals surface area contributed by atoms with Crippen LogP contribution in [0, 0.1) is 6.92 Å². The summed E-state index contributed by atoms with van der Waals surface area (Å²) in [7, 11) is 0. The van der Waals surface area contributed by atoms with Crippen molar-refractivity contribution in [1.82, 2.24) is 14.8 Å². The summed E-state index contributed by atoms with van der Waals surface area (Å²) in [5.41, 5.74) is 4.40. The van der Waals surface area contributed by atoms with Crippen molar-refractivity contribution < 1.29 is 9.90 Å². The van der Waals surface area contributed by atoms with E-state index in [2.05, 4.69) is 35.3 Å². The predicted octanol–water partition coefficient (Wildman–Crippen LogP) is 5.81. The molecule has 0 saturated carbocycles. The van der Waals surface area contributed by atoms with Gasteiger partial charge in [0.15, 0.2) is 5.82 Å². The molecule has 0 aliphatic rings. The Labute approximate surface area is 192 Å². The van der Waals surface area contributed by atoms with Crippen molar-refractivity contribution in [2.45, 2.75) is 19.3 Å². The van der Waals surface area contributed by atoms with Crippen LogP contribution in [0.25, 0.3) is 27.8 Å². The van der Waals surface area contributed by atoms with Crippen LogP contribution in [0.5, 0.6) is 0 Å². The molecule has 0 saturated heterocycles. The number of pyridine rings is 1. The first-order valence-corrected chi connectivity index (χ1v) is 10.9. The molecule has 162 valence electrons. The molecule has 5 nitrogen and oxygen atoms in total. The molecule has 3 aromatic carbocycles. The molecule has 0 bridgehead atoms. The van der Waals surface area contributed by atoms with Gasteiger partial charge >= 0.3 is 5.97 Å². The lowest BCUT2D eigenvalue weighted by atomic mass is 9.93. The number of aliphatic carboxylic acids is 1. The molecule has 0 radical (unpaired) electrons. The third-order valence-electron chi connectivity index (χ3n) is 5.83. The zero-order valence-electron chi connectivity index (χ0n) is 18.2. The smallest absolute Gasteiger partial charge is 0.311 e. The summed E-state index contributed by atoms with van der Waals surface area (Å²) in [5, 5.41) is 17.1. The van der Waals surface area contributed by atoms with Crippen molar-refractivity contribution in [2.24, 2.45) is 0 Å². The van der Waals surface area contributed by atoms with Gasteiger partial charge in [-0.3, -0.25) is 4.79 Å². The number of fused-ring (bicyclic) bond motifs is 1. The van der Waals surface area contributed by atoms with Gasteiger partial charge in [-0.1, -0.05) is 72.3 Å². The van der Waals surface area contributed by atoms with E-state index in [1.807, 2.05) is 67.6 Å². The van der Waals surface area contributed by atoms with Crippen LogP contribution in [0.4, 0.5) is 0 Å². The fourth-order valence-corrected chi connectivity index (χ4v) is 4.18. The molecule has 5 heteroatoms. The number of aryl methyl sites for hydroxylation is 1. The summed E-state index contributed by atoms with van der Waals surface area (Å²) in [5.74, 6) is -0.851. The van der Waals surface area contributed by atoms with Gasteiger partial charge in [0.1, 0.15) is 0 Å². The summed E-state index contributed by atoms with van der Waals surface area (Å²) in [4.78, 5) is 16.6. The maximum atomic E-state index is 12.1. The zero-order chi connectivity index (χ0) is 22.8. The van der Waals surface area contributed by atoms with Crippen LogP contribution in [0.15, 0.2) is 97.2 Å². The highest BCUT2D eigenvalue weighted by atomic mass is 16.4. The quantitative estimate of drug-likeness (QED) is 0.367. The van der Waals surface area contributed by atoms with E-state index in [0.29, 0.717) is 17.9 Å². The first-order valence-electron chi connectivity index (χ1n) is 10.9. The van der Waals surface area contributed by atoms with E-state index >= 15 is 0 Å². The molecule has 5 rings (SSSR count). The minimum atomic E-state index is -0.861. The topological polar surface area (TPSA) is 68.0 Å². The van der Waals surface area contributed by atoms with Crippen LogP contribution in [0.2, 0.25) is 0 Å². The Morgan fingerprint density at radius 2 is 1.73 bits per heavy atom. The first-order chi connectivity index (χ1) is 16.1. The van der Waals surface area contributed by atoms with Crippen LogP contribution in [-0.4, -0.2) is 25.8 Å². The van der Waals surface area contributed by atoms with Crippen molar-refractivity contribution in [3.63, 3.8) is 0 Å². The summed E-state index contributed by atoms with van der Waals surface area (Å²) < 4.78 is 1.80. The van der Waals surface area contributed by atoms with E-state index in [-0.39, 0.29) is 0 Å². The maximum Gasteiger partial charge on any atom is 0.311 e. The largest absolute Gasteiger partial charge is 0.481 e. The summed E-state index contributed by atoms with van der Waals surface area (Å²) in [6.45, 7) is 1.97. The summed E-state index contributed by atoms with van der Waals surface area (Å²) >= 11 is 0. The highest BCUT2D eigenvalue weighted by Gasteiger charge is 2.23. The molecule has 0 aliphatic carbocycles. The third kappa shape index (κ3) is 4.26. The molecule has 33 heavy (non-hydrogen) atoms. The van der Waals surface area contributed by atoms with Gasteiger partial charge in [0.25, 0.3) is 0 Å². The predicted molar refractivity (Wildman–Crippen MR) is 130 cm³/mol. The van der Waals surface area contributed by atoms with Gasteiger partial charge in [0.05, 0.1) is 17.3 Å². The molecule has 1 atom stereocenters. The lowest BCUT2D eigenvalue weighted by Crippen LogP contribution is -2.15. The molecule has 0 amide bonds. The van der Waals surface area contributed by atoms with Crippen LogP contribution < -0.4 is 0 Å². The monoisotopic (exact) mass is 433 g/mol. The normalized spacial score (nSPS) is 12.0. The van der Waals surface area contributed by atoms with E-state index in [1.165, 1.54) is 0 Å². The number of carboxylic acids is 1. The van der Waals surface area contributed by atoms with Crippen LogP contribution in [0.3, 0.4) is 0 Å². The van der Waals surface area contributed by atoms with Gasteiger partial charge in [0.2, 0.25) is 0 Å². The summed E-state index contributed by atoms with van der Waals surface area (Å²) in [6, 6.07) is 29.8. The number of nitrogens with zero attached hydrogens (tertiary/aromatic N) is 3. The van der Waals surface area contributed by atoms with Crippen molar-refractivity contribution in [3.05, 3.63) is 114 Å². The van der Waals surface area contributed by atoms with E-state index in [4.69, 9.17) is 5.10 Å². The second-order valence-electron chi connectivity index (χ2n) is 8.19. The van der Waals surface area contributed by atoms with Gasteiger partial charge in [-0.05, 0) is 47.5 Å². The number of benzene rings is 3. The fraction of sp³-hybridized carbons (Fsp3) is 0.107. The average molecular weight is 434 g/mol. The van der Waals surface area contributed by atoms with E-state index in [1.54, 1.807) is 10.9 Å². The molecular formula is C28H23N3O2. The Hall–Kier alpha value is -4.25. The molecule has 0 unspecified atom stereocenters. The molecule has 0 aliphatic heterocycles. The van der Waals surface area contributed by atoms with Gasteiger partial charge < -0.3 is 5.11 Å². The van der Waals surface area contributed by atoms with E-state index < -0.39 is 11.9 Å². The van der Waals surface area contributed by atoms with Gasteiger partial charge in [-0.2, -0.15) is 5.10 Å². The molecule has 5 aromatic rings. The van der Waals surface area contributed by atoms with Crippen LogP contribution in [-0.2, 0) is 11.2 Å². The number of aromatic nitrogens is 3. The second-order valence-corrected chi connectivity index (χ2v) is 8.19. The van der Waals surface area contributed by atoms with Crippen molar-refractivity contribution in [3.8, 4) is 17.1 Å². The Morgan fingerprint density at radius 1 is 0.909 bits per heavy atom. The van der Waals surface area contributed by atoms with E-state index in [9.17, 15) is 9.90 Å². The minimum Gasteiger partial charge on any atom is -0.481 e. The minimum absolute atomic E-state index is 0.291. The Morgan fingerprint density at radius 3 is 2.48 bits per heavy atom. The number of hydrogen-bond donors (Lipinski definition) is 1. The molecule has 2 aromatic heterocycles. The average Bonchev–Trinajstić information content (AvgIpc) is 3.27. The molecule has 0 spiro atoms. The molecule has 0 fully saturated rings. The second kappa shape index (κ2) is 8.71. The number of carboxylic acid groups (broad SMARTS) is 1. The Kier molecular flexibility index (Phi) is 5.45. The van der Waals surface area contributed by atoms with E-state index in [0.717, 1.165) is 33.2 Å². The molecular weight excluding hydrogens is 410 g/mol. The van der Waals surface area contributed by atoms with Gasteiger partial charge in [-0.15, -0.1) is 0 Å². The maximum absolute atomic E-state index is 12.1. The zero-order valence-corrected chi connectivity index (χ0v) is 18.2. The number of carbonyl (C=O) groups is 1. The lowest BCUT2D eigenvalue weighted by molar-refractivity contribution is -0.138. The third-order valence-corrected chi connectivity index (χ3v) is 5.83. The van der Waals surface area contributed by atoms with Crippen molar-refractivity contribution in [2.75, 3.05) is 0 Å². The van der Waals surface area contributed by atoms with Crippen LogP contribution in [0.1, 0.15) is 22.7 Å². The number of hydrogen-bond acceptors (Lipinski definition) is 3. The van der Waals surface area contributed by atoms with Gasteiger partial charge in [-0.25, -0.2) is 9.67 Å². The van der Waals surface area contributed by atoms with Crippen LogP contribution >= 0.6 is 0 Å². The highest BCUT2D eigenvalue weighted by Crippen LogP contribution is 2.29. The Balaban J connectivity index is 1.60. The highest BCUT2D eigenvalue weighted by molar-refractivity contribution is 5.87. The first kappa shape index (κ1) is 20.6. The van der Waals surface area contributed by atoms with Crippen molar-refractivity contribution >= 4 is 16.7 Å². The summed E-state index contributed by atoms with van der Waals surface area (Å²) in [6.07, 6.45) is 2.02. The fourth-order valence-electron chi connectivity index (χ4n) is 4.18. The van der Waals surface area contributed by atoms with Gasteiger partial charge in [0, 0.05) is 18.2 Å². The number of rotatable bonds is 6. The SMILES string of the molecule is Cc1cccc([C@@H](Cc2cc(-c3ccc4ccccc4c3)n(-c3ccccn3)n2)C(=O)O)c1.